The Labute approximate surface area is 142 Å². The SMILES string of the molecule is Cc1cc(C(=O)c2ccccc2Cl)c(-n2c(C)nnc2CN)s1. The molecule has 2 N–H and O–H groups in total. The van der Waals surface area contributed by atoms with Crippen LogP contribution in [-0.4, -0.2) is 20.5 Å². The summed E-state index contributed by atoms with van der Waals surface area (Å²) >= 11 is 7.68. The van der Waals surface area contributed by atoms with Crippen LogP contribution in [0, 0.1) is 13.8 Å². The van der Waals surface area contributed by atoms with Crippen molar-refractivity contribution in [3.63, 3.8) is 0 Å². The van der Waals surface area contributed by atoms with Crippen molar-refractivity contribution >= 4 is 28.7 Å². The summed E-state index contributed by atoms with van der Waals surface area (Å²) in [5.74, 6) is 1.20. The molecule has 3 rings (SSSR count). The lowest BCUT2D eigenvalue weighted by Gasteiger charge is -2.09. The van der Waals surface area contributed by atoms with Gasteiger partial charge in [0.15, 0.2) is 11.6 Å². The van der Waals surface area contributed by atoms with E-state index in [1.54, 1.807) is 24.3 Å². The minimum absolute atomic E-state index is 0.119. The maximum Gasteiger partial charge on any atom is 0.197 e. The van der Waals surface area contributed by atoms with Crippen LogP contribution >= 0.6 is 22.9 Å². The molecule has 0 aliphatic carbocycles. The van der Waals surface area contributed by atoms with Crippen LogP contribution in [-0.2, 0) is 6.54 Å². The molecule has 0 aliphatic heterocycles. The minimum Gasteiger partial charge on any atom is -0.324 e. The van der Waals surface area contributed by atoms with Gasteiger partial charge in [-0.05, 0) is 32.0 Å². The zero-order chi connectivity index (χ0) is 16.6. The van der Waals surface area contributed by atoms with E-state index in [1.807, 2.05) is 24.5 Å². The van der Waals surface area contributed by atoms with Crippen molar-refractivity contribution in [1.29, 1.82) is 0 Å². The van der Waals surface area contributed by atoms with Gasteiger partial charge >= 0.3 is 0 Å². The lowest BCUT2D eigenvalue weighted by molar-refractivity contribution is 0.103. The fourth-order valence-electron chi connectivity index (χ4n) is 2.42. The maximum atomic E-state index is 12.9. The van der Waals surface area contributed by atoms with Crippen molar-refractivity contribution in [2.24, 2.45) is 5.73 Å². The molecule has 0 atom stereocenters. The van der Waals surface area contributed by atoms with E-state index >= 15 is 0 Å². The molecule has 0 radical (unpaired) electrons. The van der Waals surface area contributed by atoms with Crippen molar-refractivity contribution in [1.82, 2.24) is 14.8 Å². The van der Waals surface area contributed by atoms with E-state index in [9.17, 15) is 4.79 Å². The Morgan fingerprint density at radius 2 is 2.00 bits per heavy atom. The molecule has 5 nitrogen and oxygen atoms in total. The first-order valence-electron chi connectivity index (χ1n) is 7.04. The molecule has 0 aliphatic rings. The highest BCUT2D eigenvalue weighted by atomic mass is 35.5. The Morgan fingerprint density at radius 3 is 2.70 bits per heavy atom. The summed E-state index contributed by atoms with van der Waals surface area (Å²) in [6.07, 6.45) is 0. The molecule has 23 heavy (non-hydrogen) atoms. The normalized spacial score (nSPS) is 11.0. The van der Waals surface area contributed by atoms with Gasteiger partial charge < -0.3 is 5.73 Å². The van der Waals surface area contributed by atoms with Gasteiger partial charge in [0, 0.05) is 10.4 Å². The number of halogens is 1. The molecule has 7 heteroatoms. The Bertz CT molecular complexity index is 884. The van der Waals surface area contributed by atoms with Gasteiger partial charge in [0.1, 0.15) is 10.8 Å². The quantitative estimate of drug-likeness (QED) is 0.736. The van der Waals surface area contributed by atoms with E-state index in [1.165, 1.54) is 11.3 Å². The maximum absolute atomic E-state index is 12.9. The molecule has 0 spiro atoms. The Morgan fingerprint density at radius 1 is 1.26 bits per heavy atom. The minimum atomic E-state index is -0.119. The zero-order valence-corrected chi connectivity index (χ0v) is 14.3. The van der Waals surface area contributed by atoms with E-state index in [0.29, 0.717) is 27.8 Å². The predicted octanol–water partition coefficient (Wildman–Crippen LogP) is 3.29. The highest BCUT2D eigenvalue weighted by Gasteiger charge is 2.22. The number of carbonyl (C=O) groups excluding carboxylic acids is 1. The van der Waals surface area contributed by atoms with Crippen LogP contribution in [0.15, 0.2) is 30.3 Å². The van der Waals surface area contributed by atoms with Crippen LogP contribution in [0.25, 0.3) is 5.00 Å². The second-order valence-electron chi connectivity index (χ2n) is 5.09. The summed E-state index contributed by atoms with van der Waals surface area (Å²) in [6, 6.07) is 8.90. The Hall–Kier alpha value is -2.02. The number of benzene rings is 1. The van der Waals surface area contributed by atoms with E-state index in [2.05, 4.69) is 10.2 Å². The summed E-state index contributed by atoms with van der Waals surface area (Å²) in [5.41, 5.74) is 6.81. The van der Waals surface area contributed by atoms with Crippen molar-refractivity contribution in [2.45, 2.75) is 20.4 Å². The lowest BCUT2D eigenvalue weighted by atomic mass is 10.0. The predicted molar refractivity (Wildman–Crippen MR) is 91.5 cm³/mol. The third kappa shape index (κ3) is 2.81. The summed E-state index contributed by atoms with van der Waals surface area (Å²) in [4.78, 5) is 14.0. The number of carbonyl (C=O) groups is 1. The van der Waals surface area contributed by atoms with E-state index in [4.69, 9.17) is 17.3 Å². The fraction of sp³-hybridized carbons (Fsp3) is 0.188. The number of thiophene rings is 1. The van der Waals surface area contributed by atoms with E-state index in [0.717, 1.165) is 9.88 Å². The first-order valence-corrected chi connectivity index (χ1v) is 8.23. The topological polar surface area (TPSA) is 73.8 Å². The Balaban J connectivity index is 2.17. The molecule has 2 heterocycles. The van der Waals surface area contributed by atoms with E-state index in [-0.39, 0.29) is 12.3 Å². The molecule has 3 aromatic rings. The highest BCUT2D eigenvalue weighted by Crippen LogP contribution is 2.31. The van der Waals surface area contributed by atoms with E-state index < -0.39 is 0 Å². The number of aryl methyl sites for hydroxylation is 2. The highest BCUT2D eigenvalue weighted by molar-refractivity contribution is 7.14. The number of nitrogens with zero attached hydrogens (tertiary/aromatic N) is 3. The number of ketones is 1. The van der Waals surface area contributed by atoms with Gasteiger partial charge in [-0.1, -0.05) is 23.7 Å². The number of hydrogen-bond acceptors (Lipinski definition) is 5. The molecule has 2 aromatic heterocycles. The zero-order valence-electron chi connectivity index (χ0n) is 12.7. The summed E-state index contributed by atoms with van der Waals surface area (Å²) in [6.45, 7) is 4.04. The molecular formula is C16H15ClN4OS. The first kappa shape index (κ1) is 15.9. The van der Waals surface area contributed by atoms with Crippen LogP contribution < -0.4 is 5.73 Å². The molecule has 0 saturated carbocycles. The first-order chi connectivity index (χ1) is 11.0. The van der Waals surface area contributed by atoms with Gasteiger partial charge in [0.05, 0.1) is 17.1 Å². The standard InChI is InChI=1S/C16H15ClN4OS/c1-9-7-12(15(22)11-5-3-4-6-13(11)17)16(23-9)21-10(2)19-20-14(21)8-18/h3-7H,8,18H2,1-2H3. The molecule has 0 amide bonds. The molecule has 0 saturated heterocycles. The Kier molecular flexibility index (Phi) is 4.30. The lowest BCUT2D eigenvalue weighted by Crippen LogP contribution is -2.11. The van der Waals surface area contributed by atoms with Crippen molar-refractivity contribution in [3.8, 4) is 5.00 Å². The number of aromatic nitrogens is 3. The molecule has 0 bridgehead atoms. The average Bonchev–Trinajstić information content (AvgIpc) is 3.09. The molecule has 0 unspecified atom stereocenters. The third-order valence-corrected chi connectivity index (χ3v) is 4.84. The monoisotopic (exact) mass is 346 g/mol. The molecule has 118 valence electrons. The molecule has 1 aromatic carbocycles. The average molecular weight is 347 g/mol. The van der Waals surface area contributed by atoms with Crippen LogP contribution in [0.1, 0.15) is 32.4 Å². The largest absolute Gasteiger partial charge is 0.324 e. The van der Waals surface area contributed by atoms with Gasteiger partial charge in [0.25, 0.3) is 0 Å². The van der Waals surface area contributed by atoms with Crippen molar-refractivity contribution < 1.29 is 4.79 Å². The molecular weight excluding hydrogens is 332 g/mol. The van der Waals surface area contributed by atoms with Crippen LogP contribution in [0.5, 0.6) is 0 Å². The van der Waals surface area contributed by atoms with Crippen molar-refractivity contribution in [3.05, 3.63) is 63.0 Å². The van der Waals surface area contributed by atoms with Gasteiger partial charge in [-0.2, -0.15) is 0 Å². The van der Waals surface area contributed by atoms with Gasteiger partial charge in [-0.15, -0.1) is 21.5 Å². The second-order valence-corrected chi connectivity index (χ2v) is 6.73. The number of nitrogens with two attached hydrogens (primary N) is 1. The van der Waals surface area contributed by atoms with Gasteiger partial charge in [-0.25, -0.2) is 0 Å². The van der Waals surface area contributed by atoms with Gasteiger partial charge in [-0.3, -0.25) is 9.36 Å². The summed E-state index contributed by atoms with van der Waals surface area (Å²) in [7, 11) is 0. The fourth-order valence-corrected chi connectivity index (χ4v) is 3.72. The number of rotatable bonds is 4. The third-order valence-electron chi connectivity index (χ3n) is 3.48. The summed E-state index contributed by atoms with van der Waals surface area (Å²) in [5, 5.41) is 9.34. The van der Waals surface area contributed by atoms with Crippen LogP contribution in [0.3, 0.4) is 0 Å². The van der Waals surface area contributed by atoms with Crippen LogP contribution in [0.4, 0.5) is 0 Å². The second kappa shape index (κ2) is 6.23. The van der Waals surface area contributed by atoms with Crippen molar-refractivity contribution in [2.75, 3.05) is 0 Å². The smallest absolute Gasteiger partial charge is 0.197 e. The number of hydrogen-bond donors (Lipinski definition) is 1. The van der Waals surface area contributed by atoms with Crippen LogP contribution in [0.2, 0.25) is 5.02 Å². The van der Waals surface area contributed by atoms with Gasteiger partial charge in [0.2, 0.25) is 0 Å². The summed E-state index contributed by atoms with van der Waals surface area (Å²) < 4.78 is 1.84. The molecule has 0 fully saturated rings.